The molecule has 11 heteroatoms. The molecule has 1 amide bonds. The molecule has 0 bridgehead atoms. The minimum atomic E-state index is -1.07. The summed E-state index contributed by atoms with van der Waals surface area (Å²) < 4.78 is 22.2. The van der Waals surface area contributed by atoms with Crippen LogP contribution in [0.25, 0.3) is 10.4 Å². The number of azide groups is 1. The van der Waals surface area contributed by atoms with E-state index in [2.05, 4.69) is 22.3 Å². The Labute approximate surface area is 264 Å². The number of hydrogen-bond donors (Lipinski definition) is 2. The predicted molar refractivity (Wildman–Crippen MR) is 171 cm³/mol. The minimum Gasteiger partial charge on any atom is -0.496 e. The Bertz CT molecular complexity index is 1040. The maximum Gasteiger partial charge on any atom is 0.308 e. The van der Waals surface area contributed by atoms with Gasteiger partial charge in [0.1, 0.15) is 18.6 Å². The number of rotatable bonds is 22. The molecule has 0 fully saturated rings. The van der Waals surface area contributed by atoms with Crippen LogP contribution in [0.2, 0.25) is 0 Å². The van der Waals surface area contributed by atoms with Crippen molar-refractivity contribution in [2.75, 3.05) is 34.2 Å². The van der Waals surface area contributed by atoms with Crippen LogP contribution in [-0.4, -0.2) is 63.3 Å². The highest BCUT2D eigenvalue weighted by atomic mass is 16.7. The van der Waals surface area contributed by atoms with Gasteiger partial charge in [-0.1, -0.05) is 66.1 Å². The first-order valence-corrected chi connectivity index (χ1v) is 15.8. The molecule has 2 N–H and O–H groups in total. The van der Waals surface area contributed by atoms with Crippen LogP contribution in [0.4, 0.5) is 0 Å². The Morgan fingerprint density at radius 1 is 1.07 bits per heavy atom. The fourth-order valence-corrected chi connectivity index (χ4v) is 5.15. The number of aliphatic hydroxyl groups excluding tert-OH is 1. The topological polar surface area (TPSA) is 152 Å². The molecule has 0 aromatic heterocycles. The molecule has 0 spiro atoms. The van der Waals surface area contributed by atoms with E-state index in [-0.39, 0.29) is 55.2 Å². The second-order valence-corrected chi connectivity index (χ2v) is 12.4. The van der Waals surface area contributed by atoms with Crippen molar-refractivity contribution >= 4 is 11.9 Å². The zero-order valence-corrected chi connectivity index (χ0v) is 28.2. The summed E-state index contributed by atoms with van der Waals surface area (Å²) in [6.45, 7) is 14.7. The van der Waals surface area contributed by atoms with Crippen LogP contribution in [0, 0.1) is 29.6 Å². The molecule has 5 atom stereocenters. The molecule has 0 aliphatic rings. The van der Waals surface area contributed by atoms with Gasteiger partial charge in [0.25, 0.3) is 0 Å². The Kier molecular flexibility index (Phi) is 18.7. The van der Waals surface area contributed by atoms with Crippen molar-refractivity contribution in [2.24, 2.45) is 34.7 Å². The molecule has 44 heavy (non-hydrogen) atoms. The molecule has 1 aromatic rings. The number of carbonyl (C=O) groups excluding carboxylic acids is 2. The number of unbranched alkanes of at least 4 members (excludes halogenated alkanes) is 1. The summed E-state index contributed by atoms with van der Waals surface area (Å²) in [5, 5.41) is 18.4. The van der Waals surface area contributed by atoms with Crippen LogP contribution in [0.15, 0.2) is 23.3 Å². The molecule has 0 heterocycles. The lowest BCUT2D eigenvalue weighted by atomic mass is 9.78. The van der Waals surface area contributed by atoms with Crippen LogP contribution in [-0.2, 0) is 30.2 Å². The van der Waals surface area contributed by atoms with Crippen LogP contribution < -0.4 is 10.1 Å². The normalized spacial score (nSPS) is 14.9. The molecule has 0 radical (unpaired) electrons. The molecule has 1 aromatic carbocycles. The summed E-state index contributed by atoms with van der Waals surface area (Å²) in [6.07, 6.45) is 1.03. The summed E-state index contributed by atoms with van der Waals surface area (Å²) in [5.74, 6) is -0.949. The highest BCUT2D eigenvalue weighted by Crippen LogP contribution is 2.39. The number of hydrogen-bond acceptors (Lipinski definition) is 8. The quantitative estimate of drug-likeness (QED) is 0.0381. The van der Waals surface area contributed by atoms with Gasteiger partial charge in [-0.05, 0) is 66.3 Å². The molecule has 0 aliphatic heterocycles. The minimum absolute atomic E-state index is 0.0163. The lowest BCUT2D eigenvalue weighted by Crippen LogP contribution is -2.39. The van der Waals surface area contributed by atoms with E-state index in [1.54, 1.807) is 28.1 Å². The second-order valence-electron chi connectivity index (χ2n) is 12.4. The molecule has 1 rings (SSSR count). The van der Waals surface area contributed by atoms with E-state index in [0.717, 1.165) is 24.0 Å². The number of benzene rings is 1. The van der Waals surface area contributed by atoms with E-state index in [0.29, 0.717) is 25.3 Å². The van der Waals surface area contributed by atoms with Crippen LogP contribution >= 0.6 is 0 Å². The average Bonchev–Trinajstić information content (AvgIpc) is 2.98. The van der Waals surface area contributed by atoms with Crippen molar-refractivity contribution in [3.63, 3.8) is 0 Å². The largest absolute Gasteiger partial charge is 0.496 e. The number of methoxy groups -OCH3 is 2. The van der Waals surface area contributed by atoms with Crippen LogP contribution in [0.5, 0.6) is 5.75 Å². The first kappa shape index (κ1) is 39.2. The number of nitrogens with one attached hydrogen (secondary N) is 1. The Hall–Kier alpha value is -2.85. The predicted octanol–water partition coefficient (Wildman–Crippen LogP) is 6.38. The second kappa shape index (κ2) is 21.0. The average molecular weight is 621 g/mol. The number of amides is 1. The zero-order valence-electron chi connectivity index (χ0n) is 28.2. The van der Waals surface area contributed by atoms with Crippen molar-refractivity contribution in [3.05, 3.63) is 39.8 Å². The number of aliphatic hydroxyl groups is 1. The van der Waals surface area contributed by atoms with Gasteiger partial charge < -0.3 is 29.4 Å². The van der Waals surface area contributed by atoms with Gasteiger partial charge in [0.05, 0.1) is 31.8 Å². The fourth-order valence-electron chi connectivity index (χ4n) is 5.15. The standard InChI is InChI=1S/C33H56N4O7/c1-10-11-15-35-32(39)27(22(4)5)19-29(38)28(36-37-34)18-26(21(2)3)31(44-33(40)23(6)7)25-12-13-30(42-9)24(17-25)14-16-43-20-41-8/h12-13,17,21-23,26-29,31,38H,10-11,14-16,18-20H2,1-9H3,(H,35,39)/t26-,27-,28-,29-,31?/m0/s1. The van der Waals surface area contributed by atoms with E-state index in [4.69, 9.17) is 18.9 Å². The lowest BCUT2D eigenvalue weighted by Gasteiger charge is -2.34. The summed E-state index contributed by atoms with van der Waals surface area (Å²) in [6, 6.07) is 4.84. The molecule has 0 aliphatic carbocycles. The smallest absolute Gasteiger partial charge is 0.308 e. The summed E-state index contributed by atoms with van der Waals surface area (Å²) >= 11 is 0. The lowest BCUT2D eigenvalue weighted by molar-refractivity contribution is -0.157. The highest BCUT2D eigenvalue weighted by molar-refractivity contribution is 5.78. The van der Waals surface area contributed by atoms with Crippen molar-refractivity contribution < 1.29 is 33.6 Å². The van der Waals surface area contributed by atoms with E-state index in [1.807, 2.05) is 45.9 Å². The first-order chi connectivity index (χ1) is 20.9. The molecular weight excluding hydrogens is 564 g/mol. The van der Waals surface area contributed by atoms with Gasteiger partial charge in [-0.2, -0.15) is 0 Å². The monoisotopic (exact) mass is 620 g/mol. The maximum atomic E-state index is 13.0. The fraction of sp³-hybridized carbons (Fsp3) is 0.758. The van der Waals surface area contributed by atoms with Crippen molar-refractivity contribution in [1.29, 1.82) is 0 Å². The van der Waals surface area contributed by atoms with Gasteiger partial charge in [-0.15, -0.1) is 0 Å². The van der Waals surface area contributed by atoms with E-state index in [9.17, 15) is 20.2 Å². The molecule has 1 unspecified atom stereocenters. The SMILES string of the molecule is CCCCNC(=O)[C@@H](C[C@H](O)[C@H](C[C@@H](C(C)C)C(OC(=O)C(C)C)c1ccc(OC)c(CCOCOC)c1)N=[N+]=[N-])C(C)C. The number of esters is 1. The third-order valence-electron chi connectivity index (χ3n) is 7.93. The van der Waals surface area contributed by atoms with E-state index < -0.39 is 24.2 Å². The van der Waals surface area contributed by atoms with Crippen LogP contribution in [0.3, 0.4) is 0 Å². The summed E-state index contributed by atoms with van der Waals surface area (Å²) in [4.78, 5) is 29.0. The maximum absolute atomic E-state index is 13.0. The van der Waals surface area contributed by atoms with Gasteiger partial charge in [0.15, 0.2) is 0 Å². The molecule has 11 nitrogen and oxygen atoms in total. The Balaban J connectivity index is 3.44. The van der Waals surface area contributed by atoms with Gasteiger partial charge in [-0.25, -0.2) is 0 Å². The Morgan fingerprint density at radius 2 is 1.77 bits per heavy atom. The van der Waals surface area contributed by atoms with Crippen molar-refractivity contribution in [1.82, 2.24) is 5.32 Å². The van der Waals surface area contributed by atoms with Crippen LogP contribution in [0.1, 0.15) is 91.4 Å². The molecular formula is C33H56N4O7. The highest BCUT2D eigenvalue weighted by Gasteiger charge is 2.36. The van der Waals surface area contributed by atoms with Crippen molar-refractivity contribution in [3.8, 4) is 5.75 Å². The number of carbonyl (C=O) groups is 2. The van der Waals surface area contributed by atoms with Gasteiger partial charge >= 0.3 is 5.97 Å². The molecule has 0 saturated carbocycles. The Morgan fingerprint density at radius 3 is 2.32 bits per heavy atom. The first-order valence-electron chi connectivity index (χ1n) is 15.8. The van der Waals surface area contributed by atoms with Gasteiger partial charge in [0, 0.05) is 30.4 Å². The number of ether oxygens (including phenoxy) is 4. The van der Waals surface area contributed by atoms with Gasteiger partial charge in [-0.3, -0.25) is 9.59 Å². The van der Waals surface area contributed by atoms with Gasteiger partial charge in [0.2, 0.25) is 5.91 Å². The van der Waals surface area contributed by atoms with E-state index >= 15 is 0 Å². The zero-order chi connectivity index (χ0) is 33.2. The third-order valence-corrected chi connectivity index (χ3v) is 7.93. The molecule has 0 saturated heterocycles. The van der Waals surface area contributed by atoms with Crippen molar-refractivity contribution in [2.45, 2.75) is 98.8 Å². The van der Waals surface area contributed by atoms with E-state index in [1.165, 1.54) is 0 Å². The third kappa shape index (κ3) is 13.0. The summed E-state index contributed by atoms with van der Waals surface area (Å²) in [5.41, 5.74) is 11.1. The summed E-state index contributed by atoms with van der Waals surface area (Å²) in [7, 11) is 3.16. The molecule has 250 valence electrons. The number of nitrogens with zero attached hydrogens (tertiary/aromatic N) is 3.